The lowest BCUT2D eigenvalue weighted by Gasteiger charge is -2.27. The van der Waals surface area contributed by atoms with E-state index in [1.165, 1.54) is 12.0 Å². The van der Waals surface area contributed by atoms with Gasteiger partial charge in [0.1, 0.15) is 5.75 Å². The SMILES string of the molecule is C=CCN1C(=O)[C@@](O)([C@@H](C)/C=C/CC(=O)N2CCC[C@H]2CO)c2cc(OC)ccc21. The molecule has 2 aliphatic heterocycles. The number of methoxy groups -OCH3 is 1. The number of likely N-dealkylation sites (tertiary alicyclic amines) is 1. The lowest BCUT2D eigenvalue weighted by atomic mass is 9.83. The number of nitrogens with zero attached hydrogens (tertiary/aromatic N) is 2. The maximum absolute atomic E-state index is 13.2. The largest absolute Gasteiger partial charge is 0.497 e. The molecule has 0 radical (unpaired) electrons. The minimum atomic E-state index is -1.76. The Balaban J connectivity index is 1.81. The lowest BCUT2D eigenvalue weighted by molar-refractivity contribution is -0.139. The van der Waals surface area contributed by atoms with Crippen molar-refractivity contribution < 1.29 is 24.5 Å². The summed E-state index contributed by atoms with van der Waals surface area (Å²) in [5.41, 5.74) is -0.646. The summed E-state index contributed by atoms with van der Waals surface area (Å²) in [4.78, 5) is 28.8. The van der Waals surface area contributed by atoms with Crippen LogP contribution < -0.4 is 9.64 Å². The average Bonchev–Trinajstić information content (AvgIpc) is 3.31. The fourth-order valence-corrected chi connectivity index (χ4v) is 4.35. The number of benzene rings is 1. The molecule has 0 aromatic heterocycles. The van der Waals surface area contributed by atoms with Crippen molar-refractivity contribution in [2.24, 2.45) is 5.92 Å². The number of carbonyl (C=O) groups is 2. The second kappa shape index (κ2) is 9.02. The van der Waals surface area contributed by atoms with Crippen molar-refractivity contribution in [2.75, 3.05) is 31.7 Å². The molecule has 0 aliphatic carbocycles. The number of amides is 2. The molecule has 1 aromatic rings. The number of fused-ring (bicyclic) bond motifs is 1. The molecule has 7 nitrogen and oxygen atoms in total. The van der Waals surface area contributed by atoms with E-state index in [4.69, 9.17) is 4.74 Å². The molecule has 0 unspecified atom stereocenters. The Morgan fingerprint density at radius 3 is 2.90 bits per heavy atom. The van der Waals surface area contributed by atoms with Gasteiger partial charge in [-0.25, -0.2) is 0 Å². The van der Waals surface area contributed by atoms with Gasteiger partial charge in [-0.3, -0.25) is 9.59 Å². The summed E-state index contributed by atoms with van der Waals surface area (Å²) in [6, 6.07) is 5.08. The van der Waals surface area contributed by atoms with Gasteiger partial charge in [0.15, 0.2) is 5.60 Å². The highest BCUT2D eigenvalue weighted by molar-refractivity contribution is 6.07. The van der Waals surface area contributed by atoms with Gasteiger partial charge in [-0.2, -0.15) is 0 Å². The molecule has 0 bridgehead atoms. The molecule has 1 saturated heterocycles. The molecule has 1 fully saturated rings. The third-order valence-electron chi connectivity index (χ3n) is 6.07. The minimum absolute atomic E-state index is 0.0299. The first-order valence-electron chi connectivity index (χ1n) is 10.3. The average molecular weight is 415 g/mol. The summed E-state index contributed by atoms with van der Waals surface area (Å²) in [5, 5.41) is 20.9. The maximum Gasteiger partial charge on any atom is 0.264 e. The molecule has 30 heavy (non-hydrogen) atoms. The Bertz CT molecular complexity index is 852. The third kappa shape index (κ3) is 3.75. The van der Waals surface area contributed by atoms with E-state index in [0.717, 1.165) is 12.8 Å². The number of ether oxygens (including phenoxy) is 1. The molecular weight excluding hydrogens is 384 g/mol. The van der Waals surface area contributed by atoms with Crippen LogP contribution in [-0.2, 0) is 15.2 Å². The molecular formula is C23H30N2O5. The number of aliphatic hydroxyl groups is 2. The van der Waals surface area contributed by atoms with Gasteiger partial charge < -0.3 is 24.7 Å². The highest BCUT2D eigenvalue weighted by Crippen LogP contribution is 2.46. The quantitative estimate of drug-likeness (QED) is 0.635. The smallest absolute Gasteiger partial charge is 0.264 e. The van der Waals surface area contributed by atoms with Gasteiger partial charge in [0.2, 0.25) is 5.91 Å². The number of aliphatic hydroxyl groups excluding tert-OH is 1. The highest BCUT2D eigenvalue weighted by Gasteiger charge is 2.52. The molecule has 2 N–H and O–H groups in total. The van der Waals surface area contributed by atoms with E-state index < -0.39 is 17.4 Å². The van der Waals surface area contributed by atoms with E-state index in [1.54, 1.807) is 48.3 Å². The van der Waals surface area contributed by atoms with Gasteiger partial charge in [-0.15, -0.1) is 6.58 Å². The molecule has 0 saturated carbocycles. The first-order valence-corrected chi connectivity index (χ1v) is 10.3. The zero-order valence-electron chi connectivity index (χ0n) is 17.6. The van der Waals surface area contributed by atoms with Crippen LogP contribution in [0.25, 0.3) is 0 Å². The first kappa shape index (κ1) is 22.1. The Morgan fingerprint density at radius 2 is 2.23 bits per heavy atom. The Kier molecular flexibility index (Phi) is 6.63. The monoisotopic (exact) mass is 414 g/mol. The van der Waals surface area contributed by atoms with E-state index in [-0.39, 0.29) is 31.5 Å². The van der Waals surface area contributed by atoms with Crippen molar-refractivity contribution in [3.8, 4) is 5.75 Å². The summed E-state index contributed by atoms with van der Waals surface area (Å²) in [6.45, 7) is 6.37. The zero-order chi connectivity index (χ0) is 21.9. The van der Waals surface area contributed by atoms with Crippen LogP contribution in [0.15, 0.2) is 43.0 Å². The van der Waals surface area contributed by atoms with Gasteiger partial charge in [-0.1, -0.05) is 25.2 Å². The molecule has 7 heteroatoms. The van der Waals surface area contributed by atoms with Crippen molar-refractivity contribution in [2.45, 2.75) is 37.8 Å². The minimum Gasteiger partial charge on any atom is -0.497 e. The van der Waals surface area contributed by atoms with Gasteiger partial charge in [0.05, 0.1) is 25.4 Å². The van der Waals surface area contributed by atoms with Crippen molar-refractivity contribution >= 4 is 17.5 Å². The fraction of sp³-hybridized carbons (Fsp3) is 0.478. The zero-order valence-corrected chi connectivity index (χ0v) is 17.6. The van der Waals surface area contributed by atoms with Crippen LogP contribution in [0.1, 0.15) is 31.7 Å². The summed E-state index contributed by atoms with van der Waals surface area (Å²) in [5.74, 6) is -0.495. The Labute approximate surface area is 177 Å². The predicted molar refractivity (Wildman–Crippen MR) is 114 cm³/mol. The van der Waals surface area contributed by atoms with Crippen molar-refractivity contribution in [1.82, 2.24) is 4.90 Å². The molecule has 3 atom stereocenters. The van der Waals surface area contributed by atoms with Gasteiger partial charge in [0.25, 0.3) is 5.91 Å². The van der Waals surface area contributed by atoms with E-state index in [1.807, 2.05) is 0 Å². The van der Waals surface area contributed by atoms with Crippen LogP contribution >= 0.6 is 0 Å². The molecule has 1 aromatic carbocycles. The third-order valence-corrected chi connectivity index (χ3v) is 6.07. The number of hydrogen-bond donors (Lipinski definition) is 2. The fourth-order valence-electron chi connectivity index (χ4n) is 4.35. The van der Waals surface area contributed by atoms with Crippen LogP contribution in [0.5, 0.6) is 5.75 Å². The lowest BCUT2D eigenvalue weighted by Crippen LogP contribution is -2.44. The van der Waals surface area contributed by atoms with Gasteiger partial charge in [-0.05, 0) is 31.0 Å². The second-order valence-corrected chi connectivity index (χ2v) is 7.84. The molecule has 2 amide bonds. The summed E-state index contributed by atoms with van der Waals surface area (Å²) >= 11 is 0. The molecule has 3 rings (SSSR count). The molecule has 162 valence electrons. The Hall–Kier alpha value is -2.64. The molecule has 2 aliphatic rings. The van der Waals surface area contributed by atoms with Crippen molar-refractivity contribution in [3.63, 3.8) is 0 Å². The maximum atomic E-state index is 13.2. The summed E-state index contributed by atoms with van der Waals surface area (Å²) in [6.07, 6.45) is 6.88. The van der Waals surface area contributed by atoms with E-state index >= 15 is 0 Å². The normalized spacial score (nSPS) is 24.4. The van der Waals surface area contributed by atoms with Crippen LogP contribution in [-0.4, -0.2) is 59.8 Å². The molecule has 0 spiro atoms. The number of anilines is 1. The predicted octanol–water partition coefficient (Wildman–Crippen LogP) is 1.98. The van der Waals surface area contributed by atoms with E-state index in [2.05, 4.69) is 6.58 Å². The number of rotatable bonds is 8. The molecule has 2 heterocycles. The number of hydrogen-bond acceptors (Lipinski definition) is 5. The standard InChI is InChI=1S/C23H30N2O5/c1-4-12-25-20-11-10-18(30-3)14-19(20)23(29,22(25)28)16(2)7-5-9-21(27)24-13-6-8-17(24)15-26/h4-5,7,10-11,14,16-17,26,29H,1,6,8-9,12-13,15H2,2-3H3/b7-5+/t16-,17-,23+/m0/s1. The van der Waals surface area contributed by atoms with Gasteiger partial charge in [0, 0.05) is 31.0 Å². The Morgan fingerprint density at radius 1 is 1.47 bits per heavy atom. The highest BCUT2D eigenvalue weighted by atomic mass is 16.5. The van der Waals surface area contributed by atoms with Crippen LogP contribution in [0.4, 0.5) is 5.69 Å². The summed E-state index contributed by atoms with van der Waals surface area (Å²) < 4.78 is 5.28. The van der Waals surface area contributed by atoms with Gasteiger partial charge >= 0.3 is 0 Å². The van der Waals surface area contributed by atoms with Crippen LogP contribution in [0, 0.1) is 5.92 Å². The first-order chi connectivity index (χ1) is 14.4. The topological polar surface area (TPSA) is 90.3 Å². The van der Waals surface area contributed by atoms with Crippen LogP contribution in [0.2, 0.25) is 0 Å². The second-order valence-electron chi connectivity index (χ2n) is 7.84. The van der Waals surface area contributed by atoms with Crippen molar-refractivity contribution in [1.29, 1.82) is 0 Å². The van der Waals surface area contributed by atoms with E-state index in [9.17, 15) is 19.8 Å². The van der Waals surface area contributed by atoms with E-state index in [0.29, 0.717) is 23.5 Å². The van der Waals surface area contributed by atoms with Crippen molar-refractivity contribution in [3.05, 3.63) is 48.6 Å². The van der Waals surface area contributed by atoms with Crippen LogP contribution in [0.3, 0.4) is 0 Å². The number of carbonyl (C=O) groups excluding carboxylic acids is 2. The summed E-state index contributed by atoms with van der Waals surface area (Å²) in [7, 11) is 1.53.